The van der Waals surface area contributed by atoms with Gasteiger partial charge in [0.25, 0.3) is 10.0 Å². The van der Waals surface area contributed by atoms with E-state index in [1.54, 1.807) is 23.5 Å². The Morgan fingerprint density at radius 1 is 1.19 bits per heavy atom. The predicted molar refractivity (Wildman–Crippen MR) is 85.4 cm³/mol. The third-order valence-electron chi connectivity index (χ3n) is 2.68. The lowest BCUT2D eigenvalue weighted by Crippen LogP contribution is -2.22. The molecule has 21 heavy (non-hydrogen) atoms. The highest BCUT2D eigenvalue weighted by Crippen LogP contribution is 2.27. The Balaban J connectivity index is 1.71. The van der Waals surface area contributed by atoms with Crippen molar-refractivity contribution >= 4 is 44.3 Å². The van der Waals surface area contributed by atoms with Crippen LogP contribution in [-0.2, 0) is 16.6 Å². The summed E-state index contributed by atoms with van der Waals surface area (Å²) in [5, 5.41) is 1.96. The monoisotopic (exact) mass is 359 g/mol. The lowest BCUT2D eigenvalue weighted by atomic mass is 10.3. The number of rotatable bonds is 5. The number of halogens is 1. The molecule has 0 amide bonds. The van der Waals surface area contributed by atoms with Gasteiger partial charge in [0, 0.05) is 0 Å². The van der Waals surface area contributed by atoms with Gasteiger partial charge < -0.3 is 4.42 Å². The molecule has 0 saturated carbocycles. The second-order valence-electron chi connectivity index (χ2n) is 4.13. The molecule has 0 aliphatic rings. The van der Waals surface area contributed by atoms with Crippen molar-refractivity contribution in [2.24, 2.45) is 0 Å². The maximum absolute atomic E-state index is 12.1. The maximum Gasteiger partial charge on any atom is 0.250 e. The zero-order chi connectivity index (χ0) is 14.9. The average Bonchev–Trinajstić information content (AvgIpc) is 3.17. The summed E-state index contributed by atoms with van der Waals surface area (Å²) >= 11 is 8.34. The lowest BCUT2D eigenvalue weighted by Gasteiger charge is -2.02. The number of thiophene rings is 2. The van der Waals surface area contributed by atoms with Crippen molar-refractivity contribution in [3.8, 4) is 10.6 Å². The molecule has 110 valence electrons. The predicted octanol–water partition coefficient (Wildman–Crippen LogP) is 4.20. The summed E-state index contributed by atoms with van der Waals surface area (Å²) < 4.78 is 32.9. The number of hydrogen-bond acceptors (Lipinski definition) is 5. The first-order valence-corrected chi connectivity index (χ1v) is 9.48. The van der Waals surface area contributed by atoms with Gasteiger partial charge in [-0.1, -0.05) is 17.7 Å². The van der Waals surface area contributed by atoms with Crippen molar-refractivity contribution < 1.29 is 12.8 Å². The molecule has 0 saturated heterocycles. The van der Waals surface area contributed by atoms with Crippen LogP contribution < -0.4 is 4.72 Å². The van der Waals surface area contributed by atoms with Gasteiger partial charge in [-0.25, -0.2) is 13.1 Å². The van der Waals surface area contributed by atoms with Crippen LogP contribution in [0.3, 0.4) is 0 Å². The third kappa shape index (κ3) is 3.38. The summed E-state index contributed by atoms with van der Waals surface area (Å²) in [4.78, 5) is 1.01. The normalized spacial score (nSPS) is 11.9. The molecule has 0 aromatic carbocycles. The Labute approximate surface area is 135 Å². The minimum absolute atomic E-state index is 0.100. The molecule has 4 nitrogen and oxygen atoms in total. The molecule has 0 atom stereocenters. The van der Waals surface area contributed by atoms with Crippen molar-refractivity contribution in [3.05, 3.63) is 51.9 Å². The first-order chi connectivity index (χ1) is 10.0. The molecule has 0 bridgehead atoms. The smallest absolute Gasteiger partial charge is 0.250 e. The third-order valence-corrected chi connectivity index (χ3v) is 6.68. The summed E-state index contributed by atoms with van der Waals surface area (Å²) in [5.41, 5.74) is 0. The minimum Gasteiger partial charge on any atom is -0.459 e. The first kappa shape index (κ1) is 14.8. The van der Waals surface area contributed by atoms with Crippen molar-refractivity contribution in [1.29, 1.82) is 0 Å². The lowest BCUT2D eigenvalue weighted by molar-refractivity contribution is 0.511. The van der Waals surface area contributed by atoms with E-state index < -0.39 is 10.0 Å². The molecular formula is C13H10ClNO3S3. The van der Waals surface area contributed by atoms with E-state index in [0.29, 0.717) is 10.1 Å². The first-order valence-electron chi connectivity index (χ1n) is 5.92. The van der Waals surface area contributed by atoms with E-state index in [-0.39, 0.29) is 10.8 Å². The summed E-state index contributed by atoms with van der Waals surface area (Å²) in [7, 11) is -3.56. The Morgan fingerprint density at radius 3 is 2.71 bits per heavy atom. The van der Waals surface area contributed by atoms with Crippen LogP contribution in [0.1, 0.15) is 5.76 Å². The van der Waals surface area contributed by atoms with Crippen LogP contribution in [0.4, 0.5) is 0 Å². The average molecular weight is 360 g/mol. The Hall–Kier alpha value is -1.12. The van der Waals surface area contributed by atoms with Crippen LogP contribution in [0.2, 0.25) is 4.34 Å². The van der Waals surface area contributed by atoms with Gasteiger partial charge >= 0.3 is 0 Å². The maximum atomic E-state index is 12.1. The number of sulfonamides is 1. The fourth-order valence-electron chi connectivity index (χ4n) is 1.70. The van der Waals surface area contributed by atoms with E-state index in [1.165, 1.54) is 6.07 Å². The van der Waals surface area contributed by atoms with Crippen molar-refractivity contribution in [1.82, 2.24) is 4.72 Å². The van der Waals surface area contributed by atoms with E-state index in [4.69, 9.17) is 16.0 Å². The molecule has 8 heteroatoms. The molecule has 0 fully saturated rings. The molecular weight excluding hydrogens is 350 g/mol. The van der Waals surface area contributed by atoms with E-state index in [0.717, 1.165) is 22.0 Å². The van der Waals surface area contributed by atoms with Crippen molar-refractivity contribution in [2.75, 3.05) is 0 Å². The zero-order valence-corrected chi connectivity index (χ0v) is 13.8. The molecule has 0 radical (unpaired) electrons. The van der Waals surface area contributed by atoms with Crippen LogP contribution in [-0.4, -0.2) is 8.42 Å². The molecule has 1 N–H and O–H groups in total. The summed E-state index contributed by atoms with van der Waals surface area (Å²) in [6.07, 6.45) is 0. The van der Waals surface area contributed by atoms with E-state index in [2.05, 4.69) is 4.72 Å². The Kier molecular flexibility index (Phi) is 4.19. The van der Waals surface area contributed by atoms with Gasteiger partial charge in [0.1, 0.15) is 15.7 Å². The zero-order valence-electron chi connectivity index (χ0n) is 10.6. The largest absolute Gasteiger partial charge is 0.459 e. The topological polar surface area (TPSA) is 59.3 Å². The Bertz CT molecular complexity index is 834. The molecule has 3 rings (SSSR count). The van der Waals surface area contributed by atoms with Crippen LogP contribution in [0.5, 0.6) is 0 Å². The van der Waals surface area contributed by atoms with Gasteiger partial charge in [-0.2, -0.15) is 0 Å². The molecule has 0 aliphatic carbocycles. The van der Waals surface area contributed by atoms with E-state index >= 15 is 0 Å². The Morgan fingerprint density at radius 2 is 2.05 bits per heavy atom. The molecule has 0 aliphatic heterocycles. The SMILES string of the molecule is O=S(=O)(NCc1ccc(-c2cccs2)o1)c1ccc(Cl)s1. The van der Waals surface area contributed by atoms with Gasteiger partial charge in [-0.3, -0.25) is 0 Å². The van der Waals surface area contributed by atoms with Gasteiger partial charge in [-0.15, -0.1) is 22.7 Å². The fraction of sp³-hybridized carbons (Fsp3) is 0.0769. The van der Waals surface area contributed by atoms with Crippen LogP contribution in [0, 0.1) is 0 Å². The number of nitrogens with one attached hydrogen (secondary N) is 1. The van der Waals surface area contributed by atoms with Crippen molar-refractivity contribution in [3.63, 3.8) is 0 Å². The highest BCUT2D eigenvalue weighted by Gasteiger charge is 2.17. The molecule has 0 spiro atoms. The molecule has 0 unspecified atom stereocenters. The summed E-state index contributed by atoms with van der Waals surface area (Å²) in [6, 6.07) is 10.5. The molecule has 3 heterocycles. The van der Waals surface area contributed by atoms with Crippen LogP contribution >= 0.6 is 34.3 Å². The van der Waals surface area contributed by atoms with Gasteiger partial charge in [0.05, 0.1) is 15.8 Å². The quantitative estimate of drug-likeness (QED) is 0.742. The number of hydrogen-bond donors (Lipinski definition) is 1. The highest BCUT2D eigenvalue weighted by atomic mass is 35.5. The second kappa shape index (κ2) is 5.94. The standard InChI is InChI=1S/C13H10ClNO3S3/c14-12-5-6-13(20-12)21(16,17)15-8-9-3-4-10(18-9)11-2-1-7-19-11/h1-7,15H,8H2. The van der Waals surface area contributed by atoms with Crippen LogP contribution in [0.25, 0.3) is 10.6 Å². The molecule has 3 aromatic heterocycles. The molecule has 3 aromatic rings. The van der Waals surface area contributed by atoms with Crippen molar-refractivity contribution in [2.45, 2.75) is 10.8 Å². The minimum atomic E-state index is -3.56. The summed E-state index contributed by atoms with van der Waals surface area (Å²) in [6.45, 7) is 0.100. The number of furan rings is 1. The van der Waals surface area contributed by atoms with Gasteiger partial charge in [0.2, 0.25) is 0 Å². The second-order valence-corrected chi connectivity index (χ2v) is 8.78. The van der Waals surface area contributed by atoms with Gasteiger partial charge in [-0.05, 0) is 35.7 Å². The van der Waals surface area contributed by atoms with Crippen LogP contribution in [0.15, 0.2) is 50.4 Å². The van der Waals surface area contributed by atoms with E-state index in [9.17, 15) is 8.42 Å². The highest BCUT2D eigenvalue weighted by molar-refractivity contribution is 7.91. The summed E-state index contributed by atoms with van der Waals surface area (Å²) in [5.74, 6) is 1.29. The fourth-order valence-corrected chi connectivity index (χ4v) is 4.91. The van der Waals surface area contributed by atoms with E-state index in [1.807, 2.05) is 23.6 Å². The van der Waals surface area contributed by atoms with Gasteiger partial charge in [0.15, 0.2) is 0 Å².